The van der Waals surface area contributed by atoms with Crippen LogP contribution in [0.25, 0.3) is 0 Å². The molecule has 0 bridgehead atoms. The van der Waals surface area contributed by atoms with Gasteiger partial charge in [0.25, 0.3) is 0 Å². The van der Waals surface area contributed by atoms with Crippen molar-refractivity contribution >= 4 is 20.5 Å². The fourth-order valence-electron chi connectivity index (χ4n) is 0.567. The molecule has 0 radical (unpaired) electrons. The van der Waals surface area contributed by atoms with E-state index in [0.29, 0.717) is 0 Å². The summed E-state index contributed by atoms with van der Waals surface area (Å²) in [5.74, 6) is 0. The Morgan fingerprint density at radius 2 is 1.70 bits per heavy atom. The van der Waals surface area contributed by atoms with Crippen molar-refractivity contribution in [3.8, 4) is 0 Å². The van der Waals surface area contributed by atoms with E-state index in [-0.39, 0.29) is 0 Å². The molecule has 0 unspecified atom stereocenters. The predicted molar refractivity (Wildman–Crippen MR) is 42.6 cm³/mol. The number of thiol groups is 1. The minimum Gasteiger partial charge on any atom is -0.220 e. The monoisotopic (exact) mass is 174 g/mol. The molecule has 0 N–H and O–H groups in total. The summed E-state index contributed by atoms with van der Waals surface area (Å²) >= 11 is 0. The molecule has 0 fully saturated rings. The Hall–Kier alpha value is -0.480. The lowest BCUT2D eigenvalue weighted by atomic mass is 10.4. The van der Waals surface area contributed by atoms with Gasteiger partial charge in [-0.3, -0.25) is 0 Å². The number of rotatable bonds is 2. The van der Waals surface area contributed by atoms with Crippen molar-refractivity contribution in [3.63, 3.8) is 0 Å². The van der Waals surface area contributed by atoms with Crippen molar-refractivity contribution in [3.05, 3.63) is 30.3 Å². The zero-order valence-corrected chi connectivity index (χ0v) is 6.77. The van der Waals surface area contributed by atoms with Crippen molar-refractivity contribution < 1.29 is 8.42 Å². The third kappa shape index (κ3) is 2.41. The van der Waals surface area contributed by atoms with E-state index in [9.17, 15) is 8.42 Å². The molecule has 1 rings (SSSR count). The lowest BCUT2D eigenvalue weighted by Crippen LogP contribution is -1.68. The fraction of sp³-hybridized carbons (Fsp3) is 0. The molecule has 1 aromatic carbocycles. The van der Waals surface area contributed by atoms with Gasteiger partial charge in [-0.05, 0) is 12.1 Å². The summed E-state index contributed by atoms with van der Waals surface area (Å²) in [4.78, 5) is 0.763. The van der Waals surface area contributed by atoms with Crippen molar-refractivity contribution in [2.45, 2.75) is 4.90 Å². The van der Waals surface area contributed by atoms with Crippen LogP contribution in [0.5, 0.6) is 0 Å². The van der Waals surface area contributed by atoms with E-state index in [1.54, 1.807) is 24.3 Å². The number of benzene rings is 1. The topological polar surface area (TPSA) is 34.1 Å². The van der Waals surface area contributed by atoms with E-state index < -0.39 is 9.74 Å². The Kier molecular flexibility index (Phi) is 2.77. The third-order valence-electron chi connectivity index (χ3n) is 0.923. The van der Waals surface area contributed by atoms with E-state index in [4.69, 9.17) is 0 Å². The molecule has 0 amide bonds. The third-order valence-corrected chi connectivity index (χ3v) is 2.63. The Morgan fingerprint density at radius 1 is 1.10 bits per heavy atom. The van der Waals surface area contributed by atoms with Crippen LogP contribution < -0.4 is 0 Å². The highest BCUT2D eigenvalue weighted by Gasteiger charge is 1.90. The lowest BCUT2D eigenvalue weighted by molar-refractivity contribution is 0.626. The van der Waals surface area contributed by atoms with Crippen LogP contribution >= 0.6 is 10.8 Å². The Labute approximate surface area is 64.6 Å². The van der Waals surface area contributed by atoms with Gasteiger partial charge in [-0.2, -0.15) is 0 Å². The first-order valence-electron chi connectivity index (χ1n) is 2.66. The summed E-state index contributed by atoms with van der Waals surface area (Å²) in [7, 11) is -1.51. The van der Waals surface area contributed by atoms with Gasteiger partial charge >= 0.3 is 0 Å². The quantitative estimate of drug-likeness (QED) is 0.542. The van der Waals surface area contributed by atoms with Crippen LogP contribution in [-0.2, 0) is 9.74 Å². The standard InChI is InChI=1S/C6H6O2S2/c7-10(8)9-6-4-2-1-3-5-6/h1-5,10H. The first-order valence-corrected chi connectivity index (χ1v) is 5.26. The van der Waals surface area contributed by atoms with Crippen molar-refractivity contribution in [2.24, 2.45) is 0 Å². The van der Waals surface area contributed by atoms with E-state index in [2.05, 4.69) is 0 Å². The number of hydrogen-bond acceptors (Lipinski definition) is 3. The van der Waals surface area contributed by atoms with E-state index >= 15 is 0 Å². The fourth-order valence-corrected chi connectivity index (χ4v) is 1.90. The Balaban J connectivity index is 2.77. The molecule has 10 heavy (non-hydrogen) atoms. The van der Waals surface area contributed by atoms with Crippen LogP contribution in [0.1, 0.15) is 0 Å². The second-order valence-corrected chi connectivity index (χ2v) is 4.17. The molecule has 4 heteroatoms. The molecule has 2 nitrogen and oxygen atoms in total. The summed E-state index contributed by atoms with van der Waals surface area (Å²) in [6, 6.07) is 8.98. The summed E-state index contributed by atoms with van der Waals surface area (Å²) < 4.78 is 20.3. The largest absolute Gasteiger partial charge is 0.220 e. The molecule has 0 heterocycles. The number of hydrogen-bond donors (Lipinski definition) is 1. The summed E-state index contributed by atoms with van der Waals surface area (Å²) in [5, 5.41) is 0. The molecule has 0 saturated heterocycles. The molecule has 0 aliphatic heterocycles. The zero-order chi connectivity index (χ0) is 7.40. The highest BCUT2D eigenvalue weighted by Crippen LogP contribution is 2.16. The van der Waals surface area contributed by atoms with Gasteiger partial charge in [0.15, 0.2) is 9.74 Å². The van der Waals surface area contributed by atoms with E-state index in [0.717, 1.165) is 15.7 Å². The maximum atomic E-state index is 10.2. The molecule has 0 atom stereocenters. The predicted octanol–water partition coefficient (Wildman–Crippen LogP) is 1.31. The Bertz CT molecular complexity index is 258. The first-order chi connectivity index (χ1) is 4.79. The maximum absolute atomic E-state index is 10.2. The van der Waals surface area contributed by atoms with Gasteiger partial charge in [-0.1, -0.05) is 18.2 Å². The minimum atomic E-state index is -2.36. The molecule has 0 spiro atoms. The second-order valence-electron chi connectivity index (χ2n) is 1.63. The zero-order valence-electron chi connectivity index (χ0n) is 5.06. The average molecular weight is 174 g/mol. The molecule has 0 saturated carbocycles. The van der Waals surface area contributed by atoms with Crippen LogP contribution in [0, 0.1) is 0 Å². The summed E-state index contributed by atoms with van der Waals surface area (Å²) in [6.45, 7) is 0. The Morgan fingerprint density at radius 3 is 2.20 bits per heavy atom. The van der Waals surface area contributed by atoms with Gasteiger partial charge < -0.3 is 0 Å². The average Bonchev–Trinajstić information content (AvgIpc) is 1.88. The molecule has 1 aromatic rings. The lowest BCUT2D eigenvalue weighted by Gasteiger charge is -1.89. The second kappa shape index (κ2) is 3.63. The van der Waals surface area contributed by atoms with Crippen LogP contribution in [0.3, 0.4) is 0 Å². The highest BCUT2D eigenvalue weighted by molar-refractivity contribution is 8.64. The van der Waals surface area contributed by atoms with E-state index in [1.807, 2.05) is 6.07 Å². The SMILES string of the molecule is O=[SH](=O)Sc1ccccc1. The highest BCUT2D eigenvalue weighted by atomic mass is 33.1. The minimum absolute atomic E-state index is 0.763. The maximum Gasteiger partial charge on any atom is 0.196 e. The molecule has 0 aliphatic carbocycles. The van der Waals surface area contributed by atoms with Crippen LogP contribution in [0.15, 0.2) is 35.2 Å². The molecular formula is C6H6O2S2. The normalized spacial score (nSPS) is 10.1. The van der Waals surface area contributed by atoms with Gasteiger partial charge in [-0.15, -0.1) is 0 Å². The smallest absolute Gasteiger partial charge is 0.196 e. The van der Waals surface area contributed by atoms with Crippen LogP contribution in [-0.4, -0.2) is 8.42 Å². The summed E-state index contributed by atoms with van der Waals surface area (Å²) in [5.41, 5.74) is 0. The van der Waals surface area contributed by atoms with Gasteiger partial charge in [0.05, 0.1) is 0 Å². The van der Waals surface area contributed by atoms with Crippen molar-refractivity contribution in [1.82, 2.24) is 0 Å². The van der Waals surface area contributed by atoms with Crippen molar-refractivity contribution in [2.75, 3.05) is 0 Å². The van der Waals surface area contributed by atoms with Crippen molar-refractivity contribution in [1.29, 1.82) is 0 Å². The molecule has 0 aromatic heterocycles. The van der Waals surface area contributed by atoms with Gasteiger partial charge in [0.2, 0.25) is 0 Å². The van der Waals surface area contributed by atoms with Gasteiger partial charge in [0, 0.05) is 15.7 Å². The molecule has 0 aliphatic rings. The van der Waals surface area contributed by atoms with E-state index in [1.165, 1.54) is 0 Å². The molecular weight excluding hydrogens is 168 g/mol. The van der Waals surface area contributed by atoms with Gasteiger partial charge in [0.1, 0.15) is 0 Å². The van der Waals surface area contributed by atoms with Gasteiger partial charge in [-0.25, -0.2) is 8.42 Å². The molecule has 54 valence electrons. The first kappa shape index (κ1) is 7.63. The van der Waals surface area contributed by atoms with Crippen LogP contribution in [0.2, 0.25) is 0 Å². The summed E-state index contributed by atoms with van der Waals surface area (Å²) in [6.07, 6.45) is 0. The van der Waals surface area contributed by atoms with Crippen LogP contribution in [0.4, 0.5) is 0 Å².